The molecule has 1 saturated heterocycles. The number of hydrogen-bond acceptors (Lipinski definition) is 6. The summed E-state index contributed by atoms with van der Waals surface area (Å²) in [7, 11) is 3.33. The number of aryl methyl sites for hydroxylation is 1. The van der Waals surface area contributed by atoms with Gasteiger partial charge in [-0.1, -0.05) is 25.2 Å². The van der Waals surface area contributed by atoms with E-state index in [0.717, 1.165) is 35.0 Å². The molecule has 0 spiro atoms. The summed E-state index contributed by atoms with van der Waals surface area (Å²) in [6, 6.07) is 5.87. The molecule has 1 aromatic carbocycles. The predicted molar refractivity (Wildman–Crippen MR) is 112 cm³/mol. The first-order chi connectivity index (χ1) is 13.9. The zero-order valence-corrected chi connectivity index (χ0v) is 18.4. The first-order valence-electron chi connectivity index (χ1n) is 10.0. The van der Waals surface area contributed by atoms with Crippen LogP contribution in [0.4, 0.5) is 0 Å². The van der Waals surface area contributed by atoms with Crippen molar-refractivity contribution >= 4 is 16.3 Å². The zero-order chi connectivity index (χ0) is 20.7. The number of aromatic hydroxyl groups is 1. The second-order valence-electron chi connectivity index (χ2n) is 8.20. The summed E-state index contributed by atoms with van der Waals surface area (Å²) in [6.07, 6.45) is 1.23. The Kier molecular flexibility index (Phi) is 5.40. The summed E-state index contributed by atoms with van der Waals surface area (Å²) in [6.45, 7) is 8.53. The second kappa shape index (κ2) is 7.84. The zero-order valence-electron chi connectivity index (χ0n) is 17.6. The van der Waals surface area contributed by atoms with Gasteiger partial charge in [0.1, 0.15) is 22.2 Å². The molecule has 1 unspecified atom stereocenters. The number of ether oxygens (including phenoxy) is 2. The lowest BCUT2D eigenvalue weighted by molar-refractivity contribution is -0.936. The number of rotatable bonds is 5. The third-order valence-electron chi connectivity index (χ3n) is 5.75. The lowest BCUT2D eigenvalue weighted by atomic mass is 9.89. The van der Waals surface area contributed by atoms with Gasteiger partial charge in [0.05, 0.1) is 32.9 Å². The molecule has 29 heavy (non-hydrogen) atoms. The van der Waals surface area contributed by atoms with Gasteiger partial charge in [-0.2, -0.15) is 4.52 Å². The molecule has 0 radical (unpaired) electrons. The van der Waals surface area contributed by atoms with Crippen molar-refractivity contribution in [3.63, 3.8) is 0 Å². The third kappa shape index (κ3) is 3.67. The first kappa shape index (κ1) is 20.0. The Morgan fingerprint density at radius 1 is 1.21 bits per heavy atom. The summed E-state index contributed by atoms with van der Waals surface area (Å²) in [5.74, 6) is 3.58. The first-order valence-corrected chi connectivity index (χ1v) is 10.8. The maximum absolute atomic E-state index is 11.1. The SMILES string of the molecule is COc1ccc([C@H](c2sc3nc(C)nn3c2O)[NH+]2C[C@H](C)C[C@H](C)C2)c(OC)c1. The Bertz CT molecular complexity index is 1000. The lowest BCUT2D eigenvalue weighted by Gasteiger charge is -2.37. The van der Waals surface area contributed by atoms with Crippen LogP contribution in [-0.4, -0.2) is 47.0 Å². The summed E-state index contributed by atoms with van der Waals surface area (Å²) < 4.78 is 12.7. The van der Waals surface area contributed by atoms with Crippen LogP contribution in [0.25, 0.3) is 4.96 Å². The van der Waals surface area contributed by atoms with Gasteiger partial charge in [0.2, 0.25) is 10.8 Å². The van der Waals surface area contributed by atoms with E-state index in [4.69, 9.17) is 9.47 Å². The van der Waals surface area contributed by atoms with Crippen molar-refractivity contribution in [2.24, 2.45) is 11.8 Å². The molecule has 2 aromatic heterocycles. The molecule has 1 aliphatic rings. The van der Waals surface area contributed by atoms with Gasteiger partial charge in [0.25, 0.3) is 0 Å². The molecule has 0 amide bonds. The van der Waals surface area contributed by atoms with E-state index in [1.54, 1.807) is 18.7 Å². The monoisotopic (exact) mass is 417 g/mol. The van der Waals surface area contributed by atoms with Crippen LogP contribution in [-0.2, 0) is 0 Å². The van der Waals surface area contributed by atoms with Gasteiger partial charge in [-0.15, -0.1) is 5.10 Å². The summed E-state index contributed by atoms with van der Waals surface area (Å²) in [5, 5.41) is 15.4. The highest BCUT2D eigenvalue weighted by atomic mass is 32.1. The van der Waals surface area contributed by atoms with Crippen molar-refractivity contribution in [2.75, 3.05) is 27.3 Å². The van der Waals surface area contributed by atoms with Crippen LogP contribution in [0.5, 0.6) is 17.4 Å². The molecule has 3 heterocycles. The molecule has 0 aliphatic carbocycles. The molecule has 4 atom stereocenters. The van der Waals surface area contributed by atoms with E-state index in [-0.39, 0.29) is 11.9 Å². The van der Waals surface area contributed by atoms with Crippen LogP contribution < -0.4 is 14.4 Å². The number of nitrogens with zero attached hydrogens (tertiary/aromatic N) is 3. The van der Waals surface area contributed by atoms with Crippen LogP contribution >= 0.6 is 11.3 Å². The third-order valence-corrected chi connectivity index (χ3v) is 6.84. The summed E-state index contributed by atoms with van der Waals surface area (Å²) in [4.78, 5) is 7.48. The molecular formula is C21H29N4O3S+. The number of aromatic nitrogens is 3. The molecule has 1 fully saturated rings. The fourth-order valence-electron chi connectivity index (χ4n) is 4.71. The molecular weight excluding hydrogens is 388 g/mol. The molecule has 2 N–H and O–H groups in total. The Morgan fingerprint density at radius 2 is 1.93 bits per heavy atom. The number of quaternary nitrogens is 1. The van der Waals surface area contributed by atoms with Crippen LogP contribution in [0.15, 0.2) is 18.2 Å². The van der Waals surface area contributed by atoms with E-state index in [9.17, 15) is 5.11 Å². The van der Waals surface area contributed by atoms with Crippen molar-refractivity contribution in [2.45, 2.75) is 33.2 Å². The van der Waals surface area contributed by atoms with E-state index < -0.39 is 0 Å². The number of thiazole rings is 1. The molecule has 7 nitrogen and oxygen atoms in total. The molecule has 3 aromatic rings. The van der Waals surface area contributed by atoms with Gasteiger partial charge in [-0.25, -0.2) is 4.98 Å². The highest BCUT2D eigenvalue weighted by Gasteiger charge is 2.38. The highest BCUT2D eigenvalue weighted by molar-refractivity contribution is 7.17. The molecule has 0 bridgehead atoms. The number of methoxy groups -OCH3 is 2. The van der Waals surface area contributed by atoms with Crippen molar-refractivity contribution in [1.82, 2.24) is 14.6 Å². The Labute approximate surface area is 174 Å². The Hall–Kier alpha value is -2.32. The minimum absolute atomic E-state index is 0.0603. The largest absolute Gasteiger partial charge is 0.497 e. The van der Waals surface area contributed by atoms with E-state index in [1.807, 2.05) is 19.1 Å². The van der Waals surface area contributed by atoms with E-state index >= 15 is 0 Å². The number of hydrogen-bond donors (Lipinski definition) is 2. The quantitative estimate of drug-likeness (QED) is 0.667. The number of piperidine rings is 1. The van der Waals surface area contributed by atoms with Gasteiger partial charge < -0.3 is 19.5 Å². The van der Waals surface area contributed by atoms with Gasteiger partial charge >= 0.3 is 0 Å². The number of benzene rings is 1. The Morgan fingerprint density at radius 3 is 2.55 bits per heavy atom. The normalized spacial score (nSPS) is 23.3. The van der Waals surface area contributed by atoms with Crippen molar-refractivity contribution in [1.29, 1.82) is 0 Å². The maximum atomic E-state index is 11.1. The minimum Gasteiger partial charge on any atom is -0.497 e. The molecule has 1 aliphatic heterocycles. The van der Waals surface area contributed by atoms with Gasteiger partial charge in [-0.05, 0) is 25.5 Å². The number of nitrogens with one attached hydrogen (secondary N) is 1. The number of fused-ring (bicyclic) bond motifs is 1. The van der Waals surface area contributed by atoms with E-state index in [1.165, 1.54) is 22.7 Å². The van der Waals surface area contributed by atoms with E-state index in [2.05, 4.69) is 30.0 Å². The topological polar surface area (TPSA) is 73.3 Å². The maximum Gasteiger partial charge on any atom is 0.235 e. The fourth-order valence-corrected chi connectivity index (χ4v) is 5.88. The average molecular weight is 418 g/mol. The van der Waals surface area contributed by atoms with Gasteiger partial charge in [0.15, 0.2) is 6.04 Å². The fraction of sp³-hybridized carbons (Fsp3) is 0.524. The smallest absolute Gasteiger partial charge is 0.235 e. The molecule has 156 valence electrons. The predicted octanol–water partition coefficient (Wildman–Crippen LogP) is 2.47. The van der Waals surface area contributed by atoms with Crippen LogP contribution in [0, 0.1) is 18.8 Å². The molecule has 4 rings (SSSR count). The molecule has 8 heteroatoms. The van der Waals surface area contributed by atoms with E-state index in [0.29, 0.717) is 22.6 Å². The summed E-state index contributed by atoms with van der Waals surface area (Å²) in [5.41, 5.74) is 1.04. The van der Waals surface area contributed by atoms with Crippen molar-refractivity contribution < 1.29 is 19.5 Å². The van der Waals surface area contributed by atoms with Crippen molar-refractivity contribution in [3.8, 4) is 17.4 Å². The highest BCUT2D eigenvalue weighted by Crippen LogP contribution is 2.39. The lowest BCUT2D eigenvalue weighted by Crippen LogP contribution is -3.14. The molecule has 0 saturated carbocycles. The average Bonchev–Trinajstić information content (AvgIpc) is 3.19. The minimum atomic E-state index is -0.0603. The van der Waals surface area contributed by atoms with Crippen molar-refractivity contribution in [3.05, 3.63) is 34.5 Å². The van der Waals surface area contributed by atoms with Crippen LogP contribution in [0.3, 0.4) is 0 Å². The van der Waals surface area contributed by atoms with Crippen LogP contribution in [0.1, 0.15) is 42.6 Å². The van der Waals surface area contributed by atoms with Gasteiger partial charge in [0, 0.05) is 17.9 Å². The van der Waals surface area contributed by atoms with Crippen LogP contribution in [0.2, 0.25) is 0 Å². The summed E-state index contributed by atoms with van der Waals surface area (Å²) >= 11 is 1.50. The van der Waals surface area contributed by atoms with Gasteiger partial charge in [-0.3, -0.25) is 0 Å². The standard InChI is InChI=1S/C21H28N4O3S/c1-12-8-13(2)11-24(10-12)18(16-7-6-15(27-4)9-17(16)28-5)19-20(26)25-21(29-19)22-14(3)23-25/h6-7,9,12-13,18,26H,8,10-11H2,1-5H3/p+1/t12-,13+,18-/m1/s1. The number of likely N-dealkylation sites (tertiary alicyclic amines) is 1. The second-order valence-corrected chi connectivity index (χ2v) is 9.21. The Balaban J connectivity index is 1.87.